The normalized spacial score (nSPS) is 12.0. The van der Waals surface area contributed by atoms with Crippen LogP contribution >= 0.6 is 11.3 Å². The molecule has 0 amide bonds. The minimum absolute atomic E-state index is 0.685. The fourth-order valence-corrected chi connectivity index (χ4v) is 1.87. The van der Waals surface area contributed by atoms with Crippen molar-refractivity contribution in [3.05, 3.63) is 33.4 Å². The maximum Gasteiger partial charge on any atom is 0.205 e. The highest BCUT2D eigenvalue weighted by atomic mass is 32.1. The lowest BCUT2D eigenvalue weighted by molar-refractivity contribution is 1.43. The molecule has 15 heavy (non-hydrogen) atoms. The molecule has 4 nitrogen and oxygen atoms in total. The molecule has 0 aliphatic heterocycles. The minimum atomic E-state index is 0.685. The minimum Gasteiger partial charge on any atom is -0.181 e. The molecule has 0 fully saturated rings. The van der Waals surface area contributed by atoms with Crippen LogP contribution < -0.4 is 0 Å². The lowest BCUT2D eigenvalue weighted by Gasteiger charge is -1.90. The van der Waals surface area contributed by atoms with Crippen LogP contribution in [-0.4, -0.2) is 11.4 Å². The first-order chi connectivity index (χ1) is 7.19. The third-order valence-electron chi connectivity index (χ3n) is 1.74. The highest BCUT2D eigenvalue weighted by Gasteiger charge is 2.06. The Morgan fingerprint density at radius 2 is 2.00 bits per heavy atom. The Morgan fingerprint density at radius 3 is 2.53 bits per heavy atom. The van der Waals surface area contributed by atoms with E-state index in [1.807, 2.05) is 12.1 Å². The number of nitrogens with zero attached hydrogens (tertiary/aromatic N) is 4. The number of hydrogen-bond donors (Lipinski definition) is 0. The molecule has 0 saturated heterocycles. The predicted molar refractivity (Wildman–Crippen MR) is 61.0 cm³/mol. The van der Waals surface area contributed by atoms with Gasteiger partial charge in [0.2, 0.25) is 6.19 Å². The largest absolute Gasteiger partial charge is 0.205 e. The van der Waals surface area contributed by atoms with Crippen LogP contribution in [0.5, 0.6) is 0 Å². The summed E-state index contributed by atoms with van der Waals surface area (Å²) < 4.78 is 0. The van der Waals surface area contributed by atoms with Gasteiger partial charge in [0.25, 0.3) is 0 Å². The van der Waals surface area contributed by atoms with Gasteiger partial charge in [-0.1, -0.05) is 0 Å². The quantitative estimate of drug-likeness (QED) is 0.324. The van der Waals surface area contributed by atoms with Gasteiger partial charge in [-0.2, -0.15) is 16.8 Å². The lowest BCUT2D eigenvalue weighted by Crippen LogP contribution is -1.89. The van der Waals surface area contributed by atoms with Crippen LogP contribution in [0.4, 0.5) is 0 Å². The van der Waals surface area contributed by atoms with E-state index in [-0.39, 0.29) is 0 Å². The van der Waals surface area contributed by atoms with Crippen molar-refractivity contribution in [1.29, 1.82) is 5.26 Å². The van der Waals surface area contributed by atoms with Crippen LogP contribution in [0, 0.1) is 18.0 Å². The monoisotopic (exact) mass is 216 g/mol. The fourth-order valence-electron chi connectivity index (χ4n) is 0.981. The first-order valence-corrected chi connectivity index (χ1v) is 4.95. The molecular formula is C10H8N4S. The standard InChI is InChI=1S/C10H8N4S/c1-7(13-6-11)9-4-5-10(15-9)8(2)14-12-3/h4-5H,1-2H3/b13-7?,14-8+. The van der Waals surface area contributed by atoms with Crippen molar-refractivity contribution in [2.75, 3.05) is 0 Å². The topological polar surface area (TPSA) is 52.9 Å². The molecular weight excluding hydrogens is 208 g/mol. The molecule has 0 saturated carbocycles. The molecule has 0 aliphatic rings. The fraction of sp³-hybridized carbons (Fsp3) is 0.200. The van der Waals surface area contributed by atoms with Crippen molar-refractivity contribution >= 4 is 22.8 Å². The Kier molecular flexibility index (Phi) is 3.73. The van der Waals surface area contributed by atoms with Gasteiger partial charge >= 0.3 is 0 Å². The summed E-state index contributed by atoms with van der Waals surface area (Å²) in [5.74, 6) is 0. The molecule has 1 aromatic heterocycles. The summed E-state index contributed by atoms with van der Waals surface area (Å²) in [6.07, 6.45) is 1.75. The first-order valence-electron chi connectivity index (χ1n) is 4.14. The van der Waals surface area contributed by atoms with Gasteiger partial charge in [-0.15, -0.1) is 16.3 Å². The van der Waals surface area contributed by atoms with Gasteiger partial charge in [0, 0.05) is 4.88 Å². The summed E-state index contributed by atoms with van der Waals surface area (Å²) in [5.41, 5.74) is 1.37. The van der Waals surface area contributed by atoms with Gasteiger partial charge in [-0.25, -0.2) is 0 Å². The van der Waals surface area contributed by atoms with Crippen molar-refractivity contribution in [2.24, 2.45) is 10.1 Å². The Hall–Kier alpha value is -1.98. The van der Waals surface area contributed by atoms with Crippen LogP contribution in [0.25, 0.3) is 4.95 Å². The number of nitriles is 1. The number of rotatable bonds is 2. The molecule has 0 aliphatic carbocycles. The lowest BCUT2D eigenvalue weighted by atomic mass is 10.3. The molecule has 0 atom stereocenters. The van der Waals surface area contributed by atoms with Crippen LogP contribution in [0.1, 0.15) is 23.6 Å². The van der Waals surface area contributed by atoms with Gasteiger partial charge in [-0.05, 0) is 26.0 Å². The molecule has 1 heterocycles. The number of hydrogen-bond acceptors (Lipinski definition) is 4. The zero-order valence-corrected chi connectivity index (χ0v) is 9.17. The van der Waals surface area contributed by atoms with E-state index < -0.39 is 0 Å². The zero-order valence-electron chi connectivity index (χ0n) is 8.35. The van der Waals surface area contributed by atoms with E-state index in [4.69, 9.17) is 11.8 Å². The second-order valence-corrected chi connectivity index (χ2v) is 3.83. The van der Waals surface area contributed by atoms with E-state index in [0.29, 0.717) is 11.4 Å². The molecule has 0 N–H and O–H groups in total. The van der Waals surface area contributed by atoms with Crippen molar-refractivity contribution in [2.45, 2.75) is 13.8 Å². The van der Waals surface area contributed by atoms with Crippen LogP contribution in [0.2, 0.25) is 0 Å². The Labute approximate surface area is 92.0 Å². The highest BCUT2D eigenvalue weighted by molar-refractivity contribution is 7.16. The van der Waals surface area contributed by atoms with Gasteiger partial charge in [0.15, 0.2) is 0 Å². The molecule has 0 bridgehead atoms. The summed E-state index contributed by atoms with van der Waals surface area (Å²) in [4.78, 5) is 8.46. The van der Waals surface area contributed by atoms with Crippen LogP contribution in [0.15, 0.2) is 22.2 Å². The average molecular weight is 216 g/mol. The summed E-state index contributed by atoms with van der Waals surface area (Å²) >= 11 is 1.47. The smallest absolute Gasteiger partial charge is 0.181 e. The average Bonchev–Trinajstić information content (AvgIpc) is 2.67. The number of thiophene rings is 1. The van der Waals surface area contributed by atoms with Crippen LogP contribution in [-0.2, 0) is 0 Å². The second kappa shape index (κ2) is 5.04. The Balaban J connectivity index is 3.02. The first kappa shape index (κ1) is 11.1. The molecule has 0 spiro atoms. The van der Waals surface area contributed by atoms with E-state index in [0.717, 1.165) is 9.75 Å². The molecule has 1 aromatic rings. The Bertz CT molecular complexity index is 452. The van der Waals surface area contributed by atoms with E-state index in [9.17, 15) is 0 Å². The van der Waals surface area contributed by atoms with Gasteiger partial charge < -0.3 is 0 Å². The number of aliphatic imine (C=N–C) groups is 1. The van der Waals surface area contributed by atoms with Gasteiger partial charge in [0.1, 0.15) is 5.71 Å². The van der Waals surface area contributed by atoms with Crippen molar-refractivity contribution in [3.8, 4) is 6.19 Å². The molecule has 74 valence electrons. The summed E-state index contributed by atoms with van der Waals surface area (Å²) in [6.45, 7) is 10.2. The molecule has 1 rings (SSSR count). The highest BCUT2D eigenvalue weighted by Crippen LogP contribution is 2.18. The summed E-state index contributed by atoms with van der Waals surface area (Å²) in [5, 5.41) is 12.0. The molecule has 0 aromatic carbocycles. The molecule has 0 radical (unpaired) electrons. The van der Waals surface area contributed by atoms with Crippen molar-refractivity contribution < 1.29 is 0 Å². The maximum absolute atomic E-state index is 8.40. The summed E-state index contributed by atoms with van der Waals surface area (Å²) in [7, 11) is 0. The van der Waals surface area contributed by atoms with E-state index in [1.165, 1.54) is 11.3 Å². The van der Waals surface area contributed by atoms with Gasteiger partial charge in [0.05, 0.1) is 15.7 Å². The van der Waals surface area contributed by atoms with Crippen molar-refractivity contribution in [3.63, 3.8) is 0 Å². The van der Waals surface area contributed by atoms with Crippen molar-refractivity contribution in [1.82, 2.24) is 0 Å². The third kappa shape index (κ3) is 2.73. The van der Waals surface area contributed by atoms with Gasteiger partial charge in [-0.3, -0.25) is 0 Å². The van der Waals surface area contributed by atoms with E-state index in [2.05, 4.69) is 15.0 Å². The summed E-state index contributed by atoms with van der Waals surface area (Å²) in [6, 6.07) is 3.75. The Morgan fingerprint density at radius 1 is 1.40 bits per heavy atom. The van der Waals surface area contributed by atoms with E-state index in [1.54, 1.807) is 20.0 Å². The van der Waals surface area contributed by atoms with Crippen LogP contribution in [0.3, 0.4) is 0 Å². The molecule has 5 heteroatoms. The molecule has 0 unspecified atom stereocenters. The third-order valence-corrected chi connectivity index (χ3v) is 3.04. The second-order valence-electron chi connectivity index (χ2n) is 2.75. The van der Waals surface area contributed by atoms with E-state index >= 15 is 0 Å². The predicted octanol–water partition coefficient (Wildman–Crippen LogP) is 2.68. The SMILES string of the molecule is [C-]#[N+]/N=C(\C)c1ccc(C(C)=NC#N)s1. The zero-order chi connectivity index (χ0) is 11.3. The maximum atomic E-state index is 8.40.